The maximum Gasteiger partial charge on any atom is 0.262 e. The van der Waals surface area contributed by atoms with E-state index in [0.29, 0.717) is 46.3 Å². The number of nitrogens with one attached hydrogen (secondary N) is 4. The third-order valence-electron chi connectivity index (χ3n) is 11.3. The van der Waals surface area contributed by atoms with Crippen LogP contribution < -0.4 is 44.3 Å². The minimum absolute atomic E-state index is 0.255. The van der Waals surface area contributed by atoms with Gasteiger partial charge < -0.3 is 34.8 Å². The van der Waals surface area contributed by atoms with Gasteiger partial charge in [-0.25, -0.2) is 16.8 Å². The summed E-state index contributed by atoms with van der Waals surface area (Å²) in [6, 6.07) is 36.0. The van der Waals surface area contributed by atoms with Crippen LogP contribution in [0.4, 0.5) is 28.4 Å². The third-order valence-corrected chi connectivity index (χ3v) is 14.2. The van der Waals surface area contributed by atoms with E-state index in [0.717, 1.165) is 65.5 Å². The topological polar surface area (TPSA) is 145 Å². The van der Waals surface area contributed by atoms with Crippen LogP contribution in [0, 0.1) is 0 Å². The minimum atomic E-state index is -3.81. The molecular weight excluding hydrogens is 835 g/mol. The lowest BCUT2D eigenvalue weighted by atomic mass is 10.1. The Morgan fingerprint density at radius 2 is 0.952 bits per heavy atom. The predicted octanol–water partition coefficient (Wildman–Crippen LogP) is 7.74. The summed E-state index contributed by atoms with van der Waals surface area (Å²) in [6.45, 7) is 11.8. The van der Waals surface area contributed by atoms with Crippen LogP contribution in [-0.2, 0) is 20.0 Å². The Morgan fingerprint density at radius 1 is 0.540 bits per heavy atom. The molecule has 13 nitrogen and oxygen atoms in total. The SMILES string of the molecule is COc1ccc(NS(=O)(=O)c2cccc3c(N(C)C)cccc23)cc1N1C[C@@H](C)N[C@@H](C)C1.COc1ccc(NS(=O)(=O)c2cccc3ccccc23)cc1N1C[C@@H](C)N[C@@H](C)C1. The summed E-state index contributed by atoms with van der Waals surface area (Å²) in [4.78, 5) is 6.98. The first-order valence-electron chi connectivity index (χ1n) is 21.2. The van der Waals surface area contributed by atoms with Crippen LogP contribution in [0.15, 0.2) is 125 Å². The molecule has 4 N–H and O–H groups in total. The van der Waals surface area contributed by atoms with Crippen molar-refractivity contribution in [3.05, 3.63) is 115 Å². The van der Waals surface area contributed by atoms with Gasteiger partial charge in [0.2, 0.25) is 0 Å². The molecular formula is C48H59N7O6S2. The molecule has 0 saturated carbocycles. The van der Waals surface area contributed by atoms with E-state index in [4.69, 9.17) is 9.47 Å². The van der Waals surface area contributed by atoms with Crippen molar-refractivity contribution in [3.8, 4) is 11.5 Å². The molecule has 2 aliphatic rings. The van der Waals surface area contributed by atoms with E-state index in [2.05, 4.69) is 57.6 Å². The van der Waals surface area contributed by atoms with E-state index < -0.39 is 20.0 Å². The monoisotopic (exact) mass is 893 g/mol. The van der Waals surface area contributed by atoms with Crippen LogP contribution in [0.5, 0.6) is 11.5 Å². The minimum Gasteiger partial charge on any atom is -0.495 e. The standard InChI is InChI=1S/C25H32N4O3S.C23H27N3O3S/c1-17-15-29(16-18(2)26-17)23-14-19(12-13-24(23)32-5)27-33(30,31)25-11-7-8-20-21(25)9-6-10-22(20)28(3)4;1-16-14-26(15-17(2)24-16)21-13-19(11-12-22(21)29-3)25-30(27,28)23-10-6-8-18-7-4-5-9-20(18)23/h6-14,17-18,26-27H,15-16H2,1-5H3;4-13,16-17,24-25H,14-15H2,1-3H3/t17-,18+;16-,17+. The Hall–Kier alpha value is -5.74. The molecule has 4 atom stereocenters. The van der Waals surface area contributed by atoms with Gasteiger partial charge in [-0.15, -0.1) is 0 Å². The maximum atomic E-state index is 13.5. The van der Waals surface area contributed by atoms with Gasteiger partial charge in [0, 0.05) is 86.3 Å². The van der Waals surface area contributed by atoms with Crippen molar-refractivity contribution in [1.29, 1.82) is 0 Å². The number of nitrogens with zero attached hydrogens (tertiary/aromatic N) is 3. The maximum absolute atomic E-state index is 13.5. The number of hydrogen-bond donors (Lipinski definition) is 4. The molecule has 6 aromatic rings. The second-order valence-electron chi connectivity index (χ2n) is 16.7. The number of sulfonamides is 2. The molecule has 0 spiro atoms. The van der Waals surface area contributed by atoms with E-state index in [-0.39, 0.29) is 9.79 Å². The van der Waals surface area contributed by atoms with Crippen molar-refractivity contribution in [3.63, 3.8) is 0 Å². The zero-order valence-electron chi connectivity index (χ0n) is 37.2. The fraction of sp³-hybridized carbons (Fsp3) is 0.333. The summed E-state index contributed by atoms with van der Waals surface area (Å²) in [7, 11) is -0.395. The van der Waals surface area contributed by atoms with Crippen molar-refractivity contribution >= 4 is 70.0 Å². The van der Waals surface area contributed by atoms with E-state index >= 15 is 0 Å². The summed E-state index contributed by atoms with van der Waals surface area (Å²) in [5.74, 6) is 1.45. The van der Waals surface area contributed by atoms with E-state index in [1.807, 2.05) is 97.9 Å². The van der Waals surface area contributed by atoms with E-state index in [1.54, 1.807) is 50.6 Å². The summed E-state index contributed by atoms with van der Waals surface area (Å²) in [6.07, 6.45) is 0. The summed E-state index contributed by atoms with van der Waals surface area (Å²) in [5, 5.41) is 10.2. The van der Waals surface area contributed by atoms with Gasteiger partial charge in [0.15, 0.2) is 0 Å². The number of piperazine rings is 2. The Labute approximate surface area is 372 Å². The Balaban J connectivity index is 0.000000190. The zero-order valence-corrected chi connectivity index (χ0v) is 38.8. The van der Waals surface area contributed by atoms with Crippen LogP contribution in [0.2, 0.25) is 0 Å². The molecule has 0 amide bonds. The van der Waals surface area contributed by atoms with Crippen LogP contribution in [0.1, 0.15) is 27.7 Å². The number of hydrogen-bond acceptors (Lipinski definition) is 11. The van der Waals surface area contributed by atoms with Crippen LogP contribution in [-0.4, -0.2) is 95.5 Å². The quantitative estimate of drug-likeness (QED) is 0.101. The largest absolute Gasteiger partial charge is 0.495 e. The molecule has 15 heteroatoms. The Bertz CT molecular complexity index is 2780. The highest BCUT2D eigenvalue weighted by Crippen LogP contribution is 2.37. The predicted molar refractivity (Wildman–Crippen MR) is 258 cm³/mol. The number of benzene rings is 6. The number of ether oxygens (including phenoxy) is 2. The van der Waals surface area contributed by atoms with Crippen LogP contribution in [0.25, 0.3) is 21.5 Å². The normalized spacial score (nSPS) is 19.2. The van der Waals surface area contributed by atoms with Crippen molar-refractivity contribution in [2.45, 2.75) is 61.7 Å². The molecule has 0 bridgehead atoms. The number of rotatable bonds is 11. The second-order valence-corrected chi connectivity index (χ2v) is 20.0. The van der Waals surface area contributed by atoms with E-state index in [1.165, 1.54) is 0 Å². The number of anilines is 5. The van der Waals surface area contributed by atoms with Gasteiger partial charge in [0.05, 0.1) is 46.8 Å². The van der Waals surface area contributed by atoms with Crippen molar-refractivity contribution in [1.82, 2.24) is 10.6 Å². The molecule has 6 aromatic carbocycles. The Morgan fingerprint density at radius 3 is 1.44 bits per heavy atom. The molecule has 0 aromatic heterocycles. The van der Waals surface area contributed by atoms with Gasteiger partial charge in [-0.3, -0.25) is 9.44 Å². The molecule has 0 aliphatic carbocycles. The summed E-state index contributed by atoms with van der Waals surface area (Å²) >= 11 is 0. The van der Waals surface area contributed by atoms with Gasteiger partial charge in [-0.05, 0) is 87.7 Å². The highest BCUT2D eigenvalue weighted by molar-refractivity contribution is 7.93. The molecule has 63 heavy (non-hydrogen) atoms. The smallest absolute Gasteiger partial charge is 0.262 e. The number of fused-ring (bicyclic) bond motifs is 2. The van der Waals surface area contributed by atoms with Crippen LogP contribution in [0.3, 0.4) is 0 Å². The fourth-order valence-electron chi connectivity index (χ4n) is 8.79. The van der Waals surface area contributed by atoms with Crippen LogP contribution >= 0.6 is 0 Å². The molecule has 2 heterocycles. The average Bonchev–Trinajstić information content (AvgIpc) is 3.25. The van der Waals surface area contributed by atoms with Gasteiger partial charge in [0.1, 0.15) is 11.5 Å². The van der Waals surface area contributed by atoms with Crippen molar-refractivity contribution < 1.29 is 26.3 Å². The third kappa shape index (κ3) is 10.2. The van der Waals surface area contributed by atoms with Gasteiger partial charge in [-0.2, -0.15) is 0 Å². The first kappa shape index (κ1) is 45.3. The summed E-state index contributed by atoms with van der Waals surface area (Å²) in [5.41, 5.74) is 3.75. The van der Waals surface area contributed by atoms with Crippen molar-refractivity contribution in [2.75, 3.05) is 78.6 Å². The highest BCUT2D eigenvalue weighted by atomic mass is 32.2. The molecule has 2 aliphatic heterocycles. The molecule has 2 fully saturated rings. The highest BCUT2D eigenvalue weighted by Gasteiger charge is 2.27. The second kappa shape index (κ2) is 18.9. The van der Waals surface area contributed by atoms with Gasteiger partial charge in [-0.1, -0.05) is 60.7 Å². The first-order valence-corrected chi connectivity index (χ1v) is 24.1. The molecule has 2 saturated heterocycles. The van der Waals surface area contributed by atoms with Gasteiger partial charge in [0.25, 0.3) is 20.0 Å². The molecule has 0 unspecified atom stereocenters. The lowest BCUT2D eigenvalue weighted by Crippen LogP contribution is -2.54. The zero-order chi connectivity index (χ0) is 45.1. The molecule has 8 rings (SSSR count). The lowest BCUT2D eigenvalue weighted by Gasteiger charge is -2.38. The van der Waals surface area contributed by atoms with Gasteiger partial charge >= 0.3 is 0 Å². The molecule has 0 radical (unpaired) electrons. The van der Waals surface area contributed by atoms with Crippen molar-refractivity contribution in [2.24, 2.45) is 0 Å². The average molecular weight is 894 g/mol. The molecule has 334 valence electrons. The summed E-state index contributed by atoms with van der Waals surface area (Å²) < 4.78 is 70.0. The first-order chi connectivity index (χ1) is 30.1. The fourth-order valence-corrected chi connectivity index (χ4v) is 11.3. The Kier molecular flexibility index (Phi) is 13.6. The lowest BCUT2D eigenvalue weighted by molar-refractivity contribution is 0.391. The van der Waals surface area contributed by atoms with E-state index in [9.17, 15) is 16.8 Å². The number of methoxy groups -OCH3 is 2.